The molecule has 1 heterocycles. The lowest BCUT2D eigenvalue weighted by Crippen LogP contribution is -2.56. The predicted octanol–water partition coefficient (Wildman–Crippen LogP) is 2.31. The molecule has 0 aliphatic carbocycles. The van der Waals surface area contributed by atoms with E-state index in [1.807, 2.05) is 32.0 Å². The summed E-state index contributed by atoms with van der Waals surface area (Å²) in [4.78, 5) is 26.6. The van der Waals surface area contributed by atoms with Crippen LogP contribution in [0.4, 0.5) is 0 Å². The molecule has 0 bridgehead atoms. The third kappa shape index (κ3) is 6.43. The topological polar surface area (TPSA) is 61.4 Å². The molecule has 0 spiro atoms. The monoisotopic (exact) mass is 372 g/mol. The quantitative estimate of drug-likeness (QED) is 0.662. The van der Waals surface area contributed by atoms with E-state index in [-0.39, 0.29) is 30.0 Å². The molecule has 149 valence electrons. The third-order valence-corrected chi connectivity index (χ3v) is 5.04. The first kappa shape index (κ1) is 21.6. The lowest BCUT2D eigenvalue weighted by molar-refractivity contribution is -0.135. The van der Waals surface area contributed by atoms with E-state index >= 15 is 0 Å². The Kier molecular flexibility index (Phi) is 8.45. The second kappa shape index (κ2) is 10.6. The van der Waals surface area contributed by atoms with Gasteiger partial charge in [-0.1, -0.05) is 58.0 Å². The minimum Gasteiger partial charge on any atom is -0.329 e. The van der Waals surface area contributed by atoms with Crippen molar-refractivity contribution in [3.8, 4) is 0 Å². The maximum atomic E-state index is 13.2. The molecule has 1 fully saturated rings. The van der Waals surface area contributed by atoms with Gasteiger partial charge in [0, 0.05) is 18.6 Å². The van der Waals surface area contributed by atoms with Crippen molar-refractivity contribution in [2.45, 2.75) is 71.1 Å². The van der Waals surface area contributed by atoms with Gasteiger partial charge >= 0.3 is 0 Å². The fourth-order valence-corrected chi connectivity index (χ4v) is 3.78. The molecular weight excluding hydrogens is 338 g/mol. The number of hydrogen-bond donors (Lipinski definition) is 2. The number of hydrogen-bond acceptors (Lipinski definition) is 4. The van der Waals surface area contributed by atoms with Gasteiger partial charge in [-0.25, -0.2) is 0 Å². The van der Waals surface area contributed by atoms with Crippen molar-refractivity contribution in [1.82, 2.24) is 15.5 Å². The fraction of sp³-hybridized carbons (Fsp3) is 0.636. The Hall–Kier alpha value is -1.72. The van der Waals surface area contributed by atoms with Gasteiger partial charge in [-0.2, -0.15) is 0 Å². The van der Waals surface area contributed by atoms with E-state index in [1.54, 1.807) is 4.90 Å². The summed E-state index contributed by atoms with van der Waals surface area (Å²) in [7, 11) is 0. The summed E-state index contributed by atoms with van der Waals surface area (Å²) in [6.07, 6.45) is 4.77. The van der Waals surface area contributed by atoms with Crippen molar-refractivity contribution < 1.29 is 9.59 Å². The lowest BCUT2D eigenvalue weighted by atomic mass is 9.99. The van der Waals surface area contributed by atoms with Gasteiger partial charge in [0.15, 0.2) is 0 Å². The van der Waals surface area contributed by atoms with Crippen LogP contribution in [0.1, 0.15) is 46.1 Å². The minimum atomic E-state index is -0.521. The summed E-state index contributed by atoms with van der Waals surface area (Å²) in [6, 6.07) is 9.93. The van der Waals surface area contributed by atoms with E-state index in [0.717, 1.165) is 25.8 Å². The van der Waals surface area contributed by atoms with Crippen molar-refractivity contribution in [1.29, 1.82) is 0 Å². The maximum Gasteiger partial charge on any atom is 0.240 e. The molecule has 1 saturated heterocycles. The van der Waals surface area contributed by atoms with Crippen LogP contribution in [-0.2, 0) is 16.0 Å². The van der Waals surface area contributed by atoms with Crippen molar-refractivity contribution in [2.24, 2.45) is 5.92 Å². The Morgan fingerprint density at radius 2 is 1.96 bits per heavy atom. The van der Waals surface area contributed by atoms with E-state index < -0.39 is 6.04 Å². The Bertz CT molecular complexity index is 582. The first-order chi connectivity index (χ1) is 12.9. The SMILES string of the molecule is CC(C)NC(Cc1ccccc1)CN(C(=O)[C@@H]1CCCN1)[C@H]([C]=O)C(C)C. The molecule has 2 N–H and O–H groups in total. The van der Waals surface area contributed by atoms with Crippen LogP contribution in [0.25, 0.3) is 0 Å². The van der Waals surface area contributed by atoms with Crippen LogP contribution in [0.3, 0.4) is 0 Å². The van der Waals surface area contributed by atoms with Gasteiger partial charge in [-0.15, -0.1) is 0 Å². The van der Waals surface area contributed by atoms with E-state index in [2.05, 4.69) is 42.9 Å². The van der Waals surface area contributed by atoms with E-state index in [0.29, 0.717) is 6.54 Å². The number of amides is 1. The van der Waals surface area contributed by atoms with Gasteiger partial charge in [-0.3, -0.25) is 9.59 Å². The Balaban J connectivity index is 2.21. The zero-order valence-corrected chi connectivity index (χ0v) is 17.1. The molecule has 0 aromatic heterocycles. The minimum absolute atomic E-state index is 0.0261. The number of benzene rings is 1. The Morgan fingerprint density at radius 3 is 2.48 bits per heavy atom. The molecule has 1 radical (unpaired) electrons. The Morgan fingerprint density at radius 1 is 1.26 bits per heavy atom. The molecule has 1 aromatic rings. The zero-order valence-electron chi connectivity index (χ0n) is 17.1. The molecule has 5 nitrogen and oxygen atoms in total. The molecule has 1 aliphatic heterocycles. The summed E-state index contributed by atoms with van der Waals surface area (Å²) >= 11 is 0. The standard InChI is InChI=1S/C22H34N3O2/c1-16(2)21(15-26)25(22(27)20-11-8-12-23-20)14-19(24-17(3)4)13-18-9-6-5-7-10-18/h5-7,9-10,16-17,19-21,23-24H,8,11-14H2,1-4H3/t19?,20-,21+/m0/s1. The van der Waals surface area contributed by atoms with Crippen molar-refractivity contribution in [3.05, 3.63) is 35.9 Å². The van der Waals surface area contributed by atoms with Crippen LogP contribution in [0.5, 0.6) is 0 Å². The van der Waals surface area contributed by atoms with Gasteiger partial charge in [0.05, 0.1) is 6.04 Å². The van der Waals surface area contributed by atoms with Gasteiger partial charge in [0.1, 0.15) is 6.04 Å². The molecule has 27 heavy (non-hydrogen) atoms. The number of nitrogens with one attached hydrogen (secondary N) is 2. The van der Waals surface area contributed by atoms with Crippen LogP contribution in [0.15, 0.2) is 30.3 Å². The van der Waals surface area contributed by atoms with Gasteiger partial charge in [0.2, 0.25) is 12.2 Å². The number of carbonyl (C=O) groups excluding carboxylic acids is 2. The second-order valence-electron chi connectivity index (χ2n) is 8.15. The fourth-order valence-electron chi connectivity index (χ4n) is 3.78. The molecule has 1 unspecified atom stereocenters. The molecule has 5 heteroatoms. The average Bonchev–Trinajstić information content (AvgIpc) is 3.15. The molecular formula is C22H34N3O2. The molecule has 1 aliphatic rings. The maximum absolute atomic E-state index is 13.2. The van der Waals surface area contributed by atoms with Crippen LogP contribution < -0.4 is 10.6 Å². The first-order valence-corrected chi connectivity index (χ1v) is 10.1. The Labute approximate surface area is 163 Å². The highest BCUT2D eigenvalue weighted by Gasteiger charge is 2.34. The van der Waals surface area contributed by atoms with Crippen molar-refractivity contribution >= 4 is 12.2 Å². The normalized spacial score (nSPS) is 19.3. The highest BCUT2D eigenvalue weighted by Crippen LogP contribution is 2.17. The third-order valence-electron chi connectivity index (χ3n) is 5.04. The van der Waals surface area contributed by atoms with E-state index in [9.17, 15) is 9.59 Å². The van der Waals surface area contributed by atoms with E-state index in [4.69, 9.17) is 0 Å². The zero-order chi connectivity index (χ0) is 19.8. The molecule has 3 atom stereocenters. The molecule has 2 rings (SSSR count). The lowest BCUT2D eigenvalue weighted by Gasteiger charge is -2.36. The van der Waals surface area contributed by atoms with E-state index in [1.165, 1.54) is 5.56 Å². The predicted molar refractivity (Wildman–Crippen MR) is 109 cm³/mol. The summed E-state index contributed by atoms with van der Waals surface area (Å²) < 4.78 is 0. The first-order valence-electron chi connectivity index (χ1n) is 10.1. The summed E-state index contributed by atoms with van der Waals surface area (Å²) in [5.41, 5.74) is 1.22. The van der Waals surface area contributed by atoms with Crippen LogP contribution in [0.2, 0.25) is 0 Å². The number of carbonyl (C=O) groups is 1. The highest BCUT2D eigenvalue weighted by atomic mass is 16.2. The average molecular weight is 373 g/mol. The van der Waals surface area contributed by atoms with Crippen molar-refractivity contribution in [2.75, 3.05) is 13.1 Å². The van der Waals surface area contributed by atoms with Crippen LogP contribution in [-0.4, -0.2) is 54.4 Å². The summed E-state index contributed by atoms with van der Waals surface area (Å²) in [6.45, 7) is 9.52. The van der Waals surface area contributed by atoms with Crippen LogP contribution in [0, 0.1) is 5.92 Å². The summed E-state index contributed by atoms with van der Waals surface area (Å²) in [5.74, 6) is 0.0578. The van der Waals surface area contributed by atoms with Gasteiger partial charge in [0.25, 0.3) is 0 Å². The smallest absolute Gasteiger partial charge is 0.240 e. The van der Waals surface area contributed by atoms with Gasteiger partial charge in [-0.05, 0) is 37.3 Å². The largest absolute Gasteiger partial charge is 0.329 e. The molecule has 1 amide bonds. The number of nitrogens with zero attached hydrogens (tertiary/aromatic N) is 1. The highest BCUT2D eigenvalue weighted by molar-refractivity contribution is 5.85. The number of rotatable bonds is 10. The van der Waals surface area contributed by atoms with Crippen molar-refractivity contribution in [3.63, 3.8) is 0 Å². The molecule has 0 saturated carbocycles. The van der Waals surface area contributed by atoms with Gasteiger partial charge < -0.3 is 15.5 Å². The second-order valence-corrected chi connectivity index (χ2v) is 8.15. The molecule has 1 aromatic carbocycles. The summed E-state index contributed by atoms with van der Waals surface area (Å²) in [5, 5.41) is 6.86. The van der Waals surface area contributed by atoms with Crippen LogP contribution >= 0.6 is 0 Å².